The molecule has 5 nitrogen and oxygen atoms in total. The van der Waals surface area contributed by atoms with Crippen LogP contribution in [0.3, 0.4) is 0 Å². The second-order valence-corrected chi connectivity index (χ2v) is 6.63. The van der Waals surface area contributed by atoms with Crippen molar-refractivity contribution in [2.24, 2.45) is 0 Å². The smallest absolute Gasteiger partial charge is 0.335 e. The lowest BCUT2D eigenvalue weighted by Crippen LogP contribution is -2.36. The van der Waals surface area contributed by atoms with E-state index in [1.807, 2.05) is 6.92 Å². The molecule has 1 aliphatic rings. The van der Waals surface area contributed by atoms with Gasteiger partial charge in [-0.1, -0.05) is 6.07 Å². The molecule has 0 bridgehead atoms. The lowest BCUT2D eigenvalue weighted by Gasteiger charge is -2.20. The summed E-state index contributed by atoms with van der Waals surface area (Å²) in [7, 11) is -1.51. The van der Waals surface area contributed by atoms with Crippen molar-refractivity contribution in [2.75, 3.05) is 12.3 Å². The van der Waals surface area contributed by atoms with E-state index in [2.05, 4.69) is 0 Å². The third-order valence-electron chi connectivity index (χ3n) is 3.61. The standard InChI is InChI=1S/C15H19NO4S/c1-3-16(11-5-6-11)14(17)9-21(20)12-7-4-10(2)13(8-12)15(18)19/h4,7-8,11H,3,5-6,9H2,1-2H3,(H,18,19). The molecule has 6 heteroatoms. The molecule has 1 aliphatic carbocycles. The van der Waals surface area contributed by atoms with Crippen LogP contribution in [0.5, 0.6) is 0 Å². The summed E-state index contributed by atoms with van der Waals surface area (Å²) in [6.07, 6.45) is 2.03. The van der Waals surface area contributed by atoms with E-state index < -0.39 is 16.8 Å². The number of aromatic carboxylic acids is 1. The van der Waals surface area contributed by atoms with Crippen molar-refractivity contribution in [3.63, 3.8) is 0 Å². The number of carboxylic acids is 1. The Balaban J connectivity index is 2.11. The van der Waals surface area contributed by atoms with Crippen LogP contribution in [0.4, 0.5) is 0 Å². The van der Waals surface area contributed by atoms with Gasteiger partial charge in [0.15, 0.2) is 0 Å². The number of nitrogens with zero attached hydrogens (tertiary/aromatic N) is 1. The number of hydrogen-bond donors (Lipinski definition) is 1. The monoisotopic (exact) mass is 309 g/mol. The summed E-state index contributed by atoms with van der Waals surface area (Å²) in [5, 5.41) is 9.09. The number of benzene rings is 1. The maximum atomic E-state index is 12.3. The van der Waals surface area contributed by atoms with Gasteiger partial charge in [-0.2, -0.15) is 0 Å². The molecule has 1 N–H and O–H groups in total. The molecule has 1 unspecified atom stereocenters. The highest BCUT2D eigenvalue weighted by Gasteiger charge is 2.32. The molecule has 1 aromatic rings. The van der Waals surface area contributed by atoms with Gasteiger partial charge in [0.05, 0.1) is 16.4 Å². The van der Waals surface area contributed by atoms with Crippen LogP contribution in [0.25, 0.3) is 0 Å². The molecule has 1 aromatic carbocycles. The maximum Gasteiger partial charge on any atom is 0.335 e. The van der Waals surface area contributed by atoms with Crippen LogP contribution < -0.4 is 0 Å². The van der Waals surface area contributed by atoms with E-state index in [0.717, 1.165) is 12.8 Å². The van der Waals surface area contributed by atoms with Crippen molar-refractivity contribution in [2.45, 2.75) is 37.6 Å². The lowest BCUT2D eigenvalue weighted by molar-refractivity contribution is -0.128. The summed E-state index contributed by atoms with van der Waals surface area (Å²) in [5.41, 5.74) is 0.741. The Morgan fingerprint density at radius 3 is 2.57 bits per heavy atom. The van der Waals surface area contributed by atoms with Crippen LogP contribution >= 0.6 is 0 Å². The third-order valence-corrected chi connectivity index (χ3v) is 4.89. The highest BCUT2D eigenvalue weighted by Crippen LogP contribution is 2.27. The Morgan fingerprint density at radius 1 is 1.38 bits per heavy atom. The number of amides is 1. The minimum absolute atomic E-state index is 0.0908. The normalized spacial score (nSPS) is 15.5. The van der Waals surface area contributed by atoms with E-state index in [4.69, 9.17) is 5.11 Å². The van der Waals surface area contributed by atoms with Gasteiger partial charge in [0.1, 0.15) is 5.75 Å². The van der Waals surface area contributed by atoms with Gasteiger partial charge in [-0.05, 0) is 44.4 Å². The summed E-state index contributed by atoms with van der Waals surface area (Å²) in [6, 6.07) is 4.94. The van der Waals surface area contributed by atoms with Gasteiger partial charge in [0, 0.05) is 17.5 Å². The zero-order valence-corrected chi connectivity index (χ0v) is 13.0. The topological polar surface area (TPSA) is 74.7 Å². The first kappa shape index (κ1) is 15.7. The molecule has 0 heterocycles. The molecular weight excluding hydrogens is 290 g/mol. The molecule has 1 amide bonds. The molecule has 1 fully saturated rings. The first-order valence-corrected chi connectivity index (χ1v) is 8.27. The molecule has 2 rings (SSSR count). The summed E-state index contributed by atoms with van der Waals surface area (Å²) in [5.74, 6) is -1.27. The van der Waals surface area contributed by atoms with Crippen molar-refractivity contribution >= 4 is 22.7 Å². The van der Waals surface area contributed by atoms with Crippen molar-refractivity contribution in [3.05, 3.63) is 29.3 Å². The predicted molar refractivity (Wildman–Crippen MR) is 79.8 cm³/mol. The molecule has 1 atom stereocenters. The van der Waals surface area contributed by atoms with Gasteiger partial charge >= 0.3 is 5.97 Å². The second kappa shape index (κ2) is 6.39. The zero-order chi connectivity index (χ0) is 15.6. The number of carboxylic acid groups (broad SMARTS) is 1. The van der Waals surface area contributed by atoms with Crippen LogP contribution in [0.2, 0.25) is 0 Å². The van der Waals surface area contributed by atoms with Crippen molar-refractivity contribution < 1.29 is 18.9 Å². The molecule has 21 heavy (non-hydrogen) atoms. The average molecular weight is 309 g/mol. The van der Waals surface area contributed by atoms with Crippen LogP contribution in [-0.2, 0) is 15.6 Å². The van der Waals surface area contributed by atoms with E-state index >= 15 is 0 Å². The molecule has 0 radical (unpaired) electrons. The van der Waals surface area contributed by atoms with E-state index in [0.29, 0.717) is 23.0 Å². The fraction of sp³-hybridized carbons (Fsp3) is 0.467. The number of carbonyl (C=O) groups is 2. The number of aryl methyl sites for hydroxylation is 1. The van der Waals surface area contributed by atoms with Crippen LogP contribution in [0.1, 0.15) is 35.7 Å². The SMILES string of the molecule is CCN(C(=O)CS(=O)c1ccc(C)c(C(=O)O)c1)C1CC1. The Kier molecular flexibility index (Phi) is 4.77. The predicted octanol–water partition coefficient (Wildman–Crippen LogP) is 1.81. The first-order chi connectivity index (χ1) is 9.93. The number of rotatable bonds is 6. The largest absolute Gasteiger partial charge is 0.478 e. The van der Waals surface area contributed by atoms with Gasteiger partial charge in [0.2, 0.25) is 5.91 Å². The first-order valence-electron chi connectivity index (χ1n) is 6.95. The summed E-state index contributed by atoms with van der Waals surface area (Å²) >= 11 is 0. The summed E-state index contributed by atoms with van der Waals surface area (Å²) in [4.78, 5) is 25.4. The Hall–Kier alpha value is -1.69. The van der Waals surface area contributed by atoms with Crippen LogP contribution in [0, 0.1) is 6.92 Å². The fourth-order valence-electron chi connectivity index (χ4n) is 2.28. The van der Waals surface area contributed by atoms with Crippen molar-refractivity contribution in [3.8, 4) is 0 Å². The third kappa shape index (κ3) is 3.69. The van der Waals surface area contributed by atoms with Gasteiger partial charge in [-0.15, -0.1) is 0 Å². The number of carbonyl (C=O) groups excluding carboxylic acids is 1. The minimum atomic E-state index is -1.51. The van der Waals surface area contributed by atoms with E-state index in [-0.39, 0.29) is 17.2 Å². The van der Waals surface area contributed by atoms with E-state index in [1.165, 1.54) is 6.07 Å². The van der Waals surface area contributed by atoms with Gasteiger partial charge in [-0.3, -0.25) is 9.00 Å². The molecule has 0 saturated heterocycles. The minimum Gasteiger partial charge on any atom is -0.478 e. The quantitative estimate of drug-likeness (QED) is 0.869. The highest BCUT2D eigenvalue weighted by molar-refractivity contribution is 7.85. The second-order valence-electron chi connectivity index (χ2n) is 5.18. The maximum absolute atomic E-state index is 12.3. The Bertz CT molecular complexity index is 595. The average Bonchev–Trinajstić information content (AvgIpc) is 3.24. The fourth-order valence-corrected chi connectivity index (χ4v) is 3.30. The van der Waals surface area contributed by atoms with Crippen molar-refractivity contribution in [1.82, 2.24) is 4.90 Å². The Labute approximate surface area is 126 Å². The van der Waals surface area contributed by atoms with Gasteiger partial charge in [0.25, 0.3) is 0 Å². The zero-order valence-electron chi connectivity index (χ0n) is 12.2. The highest BCUT2D eigenvalue weighted by atomic mass is 32.2. The molecular formula is C15H19NO4S. The van der Waals surface area contributed by atoms with Gasteiger partial charge in [-0.25, -0.2) is 4.79 Å². The summed E-state index contributed by atoms with van der Waals surface area (Å²) < 4.78 is 12.3. The molecule has 1 saturated carbocycles. The summed E-state index contributed by atoms with van der Waals surface area (Å²) in [6.45, 7) is 4.22. The van der Waals surface area contributed by atoms with Crippen LogP contribution in [-0.4, -0.2) is 44.4 Å². The van der Waals surface area contributed by atoms with Crippen LogP contribution in [0.15, 0.2) is 23.1 Å². The Morgan fingerprint density at radius 2 is 2.05 bits per heavy atom. The number of hydrogen-bond acceptors (Lipinski definition) is 3. The molecule has 0 aromatic heterocycles. The van der Waals surface area contributed by atoms with E-state index in [1.54, 1.807) is 24.0 Å². The van der Waals surface area contributed by atoms with Gasteiger partial charge < -0.3 is 10.0 Å². The lowest BCUT2D eigenvalue weighted by atomic mass is 10.1. The molecule has 0 spiro atoms. The molecule has 0 aliphatic heterocycles. The van der Waals surface area contributed by atoms with E-state index in [9.17, 15) is 13.8 Å². The molecule has 114 valence electrons. The van der Waals surface area contributed by atoms with Crippen molar-refractivity contribution in [1.29, 1.82) is 0 Å².